The number of nitrogens with zero attached hydrogens (tertiary/aromatic N) is 4. The van der Waals surface area contributed by atoms with E-state index in [-0.39, 0.29) is 68.9 Å². The van der Waals surface area contributed by atoms with Gasteiger partial charge in [0.05, 0.1) is 62.8 Å². The molecule has 0 atom stereocenters. The Labute approximate surface area is 328 Å². The molecule has 4 rings (SSSR count). The molecule has 0 aromatic heterocycles. The molecule has 0 saturated heterocycles. The third-order valence-corrected chi connectivity index (χ3v) is 12.4. The van der Waals surface area contributed by atoms with Gasteiger partial charge < -0.3 is 10.8 Å². The topological polar surface area (TPSA) is 353 Å². The van der Waals surface area contributed by atoms with Crippen LogP contribution in [-0.4, -0.2) is 75.4 Å². The minimum atomic E-state index is -5.13. The zero-order valence-corrected chi connectivity index (χ0v) is 32.3. The molecule has 7 N–H and O–H groups in total. The molecule has 0 saturated carbocycles. The molecule has 0 radical (unpaired) electrons. The highest BCUT2D eigenvalue weighted by Crippen LogP contribution is 2.48. The second-order valence-electron chi connectivity index (χ2n) is 10.1. The lowest BCUT2D eigenvalue weighted by Gasteiger charge is -2.12. The number of sulfone groups is 2. The van der Waals surface area contributed by atoms with E-state index < -0.39 is 74.8 Å². The lowest BCUT2D eigenvalue weighted by Crippen LogP contribution is -2.12. The van der Waals surface area contributed by atoms with Gasteiger partial charge >= 0.3 is 0 Å². The Balaban J connectivity index is 1.68. The molecule has 0 fully saturated rings. The van der Waals surface area contributed by atoms with Crippen LogP contribution in [0.15, 0.2) is 101 Å². The minimum Gasteiger partial charge on any atom is -0.505 e. The summed E-state index contributed by atoms with van der Waals surface area (Å²) in [6.45, 7) is -0.791. The van der Waals surface area contributed by atoms with Crippen molar-refractivity contribution in [3.8, 4) is 5.75 Å². The van der Waals surface area contributed by atoms with Crippen LogP contribution in [0.1, 0.15) is 0 Å². The summed E-state index contributed by atoms with van der Waals surface area (Å²) < 4.78 is 107. The van der Waals surface area contributed by atoms with Crippen molar-refractivity contribution in [3.05, 3.63) is 60.7 Å². The second-order valence-corrected chi connectivity index (χ2v) is 17.5. The molecular formula is C26H25N5O19S6. The number of aromatic hydroxyl groups is 1. The van der Waals surface area contributed by atoms with Crippen molar-refractivity contribution < 1.29 is 87.2 Å². The van der Waals surface area contributed by atoms with Crippen LogP contribution in [0, 0.1) is 0 Å². The maximum atomic E-state index is 12.7. The summed E-state index contributed by atoms with van der Waals surface area (Å²) in [5.41, 5.74) is 5.45. The summed E-state index contributed by atoms with van der Waals surface area (Å²) in [5, 5.41) is 62.7. The molecule has 4 aromatic rings. The molecule has 0 heterocycles. The molecule has 0 amide bonds. The van der Waals surface area contributed by atoms with E-state index in [1.54, 1.807) is 0 Å². The van der Waals surface area contributed by atoms with Gasteiger partial charge in [0, 0.05) is 10.8 Å². The summed E-state index contributed by atoms with van der Waals surface area (Å²) in [5.74, 6) is -1.74. The zero-order valence-electron chi connectivity index (χ0n) is 27.4. The maximum Gasteiger partial charge on any atom is 0.296 e. The first-order valence-electron chi connectivity index (χ1n) is 14.4. The van der Waals surface area contributed by atoms with E-state index >= 15 is 0 Å². The third-order valence-electron chi connectivity index (χ3n) is 6.76. The van der Waals surface area contributed by atoms with Crippen LogP contribution < -0.4 is 5.73 Å². The summed E-state index contributed by atoms with van der Waals surface area (Å²) >= 11 is 0.647. The molecule has 0 aliphatic carbocycles. The number of hydrogen-bond donors (Lipinski definition) is 6. The van der Waals surface area contributed by atoms with Crippen molar-refractivity contribution in [1.29, 1.82) is 0 Å². The first kappa shape index (κ1) is 45.1. The highest BCUT2D eigenvalue weighted by molar-refractivity contribution is 7.94. The van der Waals surface area contributed by atoms with Crippen molar-refractivity contribution >= 4 is 106 Å². The molecule has 0 unspecified atom stereocenters. The van der Waals surface area contributed by atoms with E-state index in [0.717, 1.165) is 12.1 Å². The van der Waals surface area contributed by atoms with Gasteiger partial charge in [-0.05, 0) is 60.7 Å². The van der Waals surface area contributed by atoms with Gasteiger partial charge in [-0.15, -0.1) is 28.3 Å². The average Bonchev–Trinajstić information content (AvgIpc) is 3.16. The number of phenols is 1. The van der Waals surface area contributed by atoms with Gasteiger partial charge in [-0.2, -0.15) is 13.5 Å². The Morgan fingerprint density at radius 3 is 1.80 bits per heavy atom. The highest BCUT2D eigenvalue weighted by atomic mass is 32.2. The first-order chi connectivity index (χ1) is 26.6. The SMILES string of the molecule is Nc1ccc2c(O)c(N=Nc3ccc(S(=O)(=O)CCOSOOO)cc3S(=O)(=O)O)c(SOOO)cc2c1N=Nc1ccc(S(=O)(=O)CCOSOOO)cc1. The van der Waals surface area contributed by atoms with Crippen molar-refractivity contribution in [3.63, 3.8) is 0 Å². The lowest BCUT2D eigenvalue weighted by molar-refractivity contribution is -0.434. The van der Waals surface area contributed by atoms with Gasteiger partial charge in [-0.3, -0.25) is 12.9 Å². The Bertz CT molecular complexity index is 2390. The maximum absolute atomic E-state index is 12.7. The monoisotopic (exact) mass is 903 g/mol. The Morgan fingerprint density at radius 1 is 0.643 bits per heavy atom. The van der Waals surface area contributed by atoms with E-state index in [0.29, 0.717) is 18.1 Å². The van der Waals surface area contributed by atoms with Crippen LogP contribution in [0.2, 0.25) is 0 Å². The van der Waals surface area contributed by atoms with Crippen LogP contribution in [0.4, 0.5) is 28.4 Å². The summed E-state index contributed by atoms with van der Waals surface area (Å²) in [6, 6.07) is 11.8. The van der Waals surface area contributed by atoms with E-state index in [1.807, 2.05) is 0 Å². The fourth-order valence-electron chi connectivity index (χ4n) is 4.31. The largest absolute Gasteiger partial charge is 0.505 e. The van der Waals surface area contributed by atoms with Crippen LogP contribution in [-0.2, 0) is 66.3 Å². The third kappa shape index (κ3) is 12.2. The number of rotatable bonds is 22. The van der Waals surface area contributed by atoms with E-state index in [2.05, 4.69) is 48.6 Å². The van der Waals surface area contributed by atoms with Crippen LogP contribution in [0.3, 0.4) is 0 Å². The van der Waals surface area contributed by atoms with Crippen LogP contribution in [0.25, 0.3) is 10.8 Å². The number of hydrogen-bond acceptors (Lipinski definition) is 26. The highest BCUT2D eigenvalue weighted by Gasteiger charge is 2.24. The average molecular weight is 904 g/mol. The minimum absolute atomic E-state index is 0.00260. The molecule has 0 spiro atoms. The Hall–Kier alpha value is -3.64. The zero-order chi connectivity index (χ0) is 40.9. The molecule has 24 nitrogen and oxygen atoms in total. The molecule has 304 valence electrons. The molecule has 56 heavy (non-hydrogen) atoms. The molecule has 0 aliphatic rings. The number of fused-ring (bicyclic) bond motifs is 1. The van der Waals surface area contributed by atoms with Gasteiger partial charge in [0.15, 0.2) is 50.1 Å². The fourth-order valence-corrected chi connectivity index (χ4v) is 8.36. The Kier molecular flexibility index (Phi) is 16.6. The summed E-state index contributed by atoms with van der Waals surface area (Å²) in [7, 11) is -13.1. The van der Waals surface area contributed by atoms with Gasteiger partial charge in [-0.25, -0.2) is 32.6 Å². The molecule has 30 heteroatoms. The number of anilines is 1. The lowest BCUT2D eigenvalue weighted by atomic mass is 10.1. The quantitative estimate of drug-likeness (QED) is 0.00974. The van der Waals surface area contributed by atoms with E-state index in [4.69, 9.17) is 29.9 Å². The molecular weight excluding hydrogens is 879 g/mol. The summed E-state index contributed by atoms with van der Waals surface area (Å²) in [6.07, 6.45) is 0. The number of benzene rings is 4. The normalized spacial score (nSPS) is 12.7. The first-order valence-corrected chi connectivity index (χ1v) is 21.2. The standard InChI is InChI=1S/C26H25N5O19S6/c27-20-7-6-18-19(24(20)30-28-15-1-3-16(4-2-15)54(36,37)11-9-43-52-49-46-34)14-22(51-48-45-33)25(26(18)32)31-29-21-8-5-17(13-23(21)56(40,41)42)55(38,39)12-10-44-53-50-47-35/h1-8,13-14,32-35H,9-12,27H2,(H,40,41,42). The molecule has 0 bridgehead atoms. The van der Waals surface area contributed by atoms with Gasteiger partial charge in [0.2, 0.25) is 0 Å². The van der Waals surface area contributed by atoms with E-state index in [9.17, 15) is 34.9 Å². The van der Waals surface area contributed by atoms with E-state index in [1.165, 1.54) is 42.5 Å². The Morgan fingerprint density at radius 2 is 1.21 bits per heavy atom. The fraction of sp³-hybridized carbons (Fsp3) is 0.154. The number of azo groups is 2. The van der Waals surface area contributed by atoms with Crippen molar-refractivity contribution in [1.82, 2.24) is 0 Å². The second kappa shape index (κ2) is 20.7. The predicted molar refractivity (Wildman–Crippen MR) is 193 cm³/mol. The number of nitrogen functional groups attached to an aromatic ring is 1. The van der Waals surface area contributed by atoms with Crippen LogP contribution >= 0.6 is 36.7 Å². The smallest absolute Gasteiger partial charge is 0.296 e. The van der Waals surface area contributed by atoms with Crippen molar-refractivity contribution in [2.24, 2.45) is 20.5 Å². The predicted octanol–water partition coefficient (Wildman–Crippen LogP) is 6.18. The number of phenolic OH excluding ortho intramolecular Hbond substituents is 1. The van der Waals surface area contributed by atoms with Crippen LogP contribution in [0.5, 0.6) is 5.75 Å². The van der Waals surface area contributed by atoms with Crippen molar-refractivity contribution in [2.75, 3.05) is 30.5 Å². The van der Waals surface area contributed by atoms with Gasteiger partial charge in [0.25, 0.3) is 10.1 Å². The van der Waals surface area contributed by atoms with Gasteiger partial charge in [-0.1, -0.05) is 15.1 Å². The molecule has 4 aromatic carbocycles. The molecule has 0 aliphatic heterocycles. The van der Waals surface area contributed by atoms with Crippen molar-refractivity contribution in [2.45, 2.75) is 19.6 Å². The van der Waals surface area contributed by atoms with Gasteiger partial charge in [0.1, 0.15) is 22.0 Å². The summed E-state index contributed by atoms with van der Waals surface area (Å²) in [4.78, 5) is -1.74. The number of nitrogens with two attached hydrogens (primary N) is 1.